The molecule has 0 saturated heterocycles. The molecule has 0 bridgehead atoms. The lowest BCUT2D eigenvalue weighted by Crippen LogP contribution is -2.38. The van der Waals surface area contributed by atoms with Crippen LogP contribution in [0.1, 0.15) is 23.9 Å². The summed E-state index contributed by atoms with van der Waals surface area (Å²) >= 11 is 5.94. The number of hydrogen-bond donors (Lipinski definition) is 1. The minimum absolute atomic E-state index is 0.0320. The second-order valence-electron chi connectivity index (χ2n) is 5.65. The van der Waals surface area contributed by atoms with Gasteiger partial charge in [-0.05, 0) is 44.5 Å². The Labute approximate surface area is 152 Å². The molecule has 0 aliphatic carbocycles. The van der Waals surface area contributed by atoms with Crippen LogP contribution >= 0.6 is 11.6 Å². The summed E-state index contributed by atoms with van der Waals surface area (Å²) in [6.07, 6.45) is 0. The van der Waals surface area contributed by atoms with Crippen molar-refractivity contribution in [3.05, 3.63) is 40.2 Å². The van der Waals surface area contributed by atoms with E-state index in [4.69, 9.17) is 16.1 Å². The van der Waals surface area contributed by atoms with E-state index in [1.807, 2.05) is 6.92 Å². The molecule has 1 heterocycles. The second kappa shape index (κ2) is 7.55. The maximum atomic E-state index is 12.4. The molecule has 0 radical (unpaired) electrons. The molecule has 0 saturated carbocycles. The number of benzene rings is 1. The van der Waals surface area contributed by atoms with Crippen molar-refractivity contribution in [3.8, 4) is 0 Å². The fourth-order valence-electron chi connectivity index (χ4n) is 2.59. The highest BCUT2D eigenvalue weighted by molar-refractivity contribution is 7.89. The van der Waals surface area contributed by atoms with Gasteiger partial charge in [-0.25, -0.2) is 13.1 Å². The summed E-state index contributed by atoms with van der Waals surface area (Å²) in [4.78, 5) is 13.5. The first-order chi connectivity index (χ1) is 11.6. The molecule has 1 aromatic carbocycles. The zero-order valence-electron chi connectivity index (χ0n) is 14.5. The number of anilines is 1. The van der Waals surface area contributed by atoms with Gasteiger partial charge in [0.05, 0.1) is 0 Å². The summed E-state index contributed by atoms with van der Waals surface area (Å²) in [5.41, 5.74) is 1.81. The van der Waals surface area contributed by atoms with Crippen LogP contribution in [0, 0.1) is 20.8 Å². The monoisotopic (exact) mass is 385 g/mol. The SMILES string of the molecule is CC(=O)N(CCNS(=O)(=O)c1c(C)noc1C)c1ccc(Cl)cc1C. The summed E-state index contributed by atoms with van der Waals surface area (Å²) in [6, 6.07) is 5.18. The highest BCUT2D eigenvalue weighted by atomic mass is 35.5. The van der Waals surface area contributed by atoms with Crippen LogP contribution in [0.15, 0.2) is 27.6 Å². The Hall–Kier alpha value is -1.90. The molecule has 0 fully saturated rings. The van der Waals surface area contributed by atoms with E-state index < -0.39 is 10.0 Å². The molecule has 7 nitrogen and oxygen atoms in total. The van der Waals surface area contributed by atoms with Crippen molar-refractivity contribution < 1.29 is 17.7 Å². The van der Waals surface area contributed by atoms with E-state index in [0.717, 1.165) is 5.56 Å². The van der Waals surface area contributed by atoms with Crippen molar-refractivity contribution in [2.75, 3.05) is 18.0 Å². The van der Waals surface area contributed by atoms with Crippen LogP contribution in [-0.4, -0.2) is 32.6 Å². The van der Waals surface area contributed by atoms with E-state index in [1.54, 1.807) is 25.1 Å². The second-order valence-corrected chi connectivity index (χ2v) is 7.79. The lowest BCUT2D eigenvalue weighted by molar-refractivity contribution is -0.116. The largest absolute Gasteiger partial charge is 0.360 e. The molecular formula is C16H20ClN3O4S. The highest BCUT2D eigenvalue weighted by Crippen LogP contribution is 2.24. The highest BCUT2D eigenvalue weighted by Gasteiger charge is 2.24. The van der Waals surface area contributed by atoms with Gasteiger partial charge < -0.3 is 9.42 Å². The van der Waals surface area contributed by atoms with E-state index in [0.29, 0.717) is 16.4 Å². The van der Waals surface area contributed by atoms with Crippen molar-refractivity contribution in [2.24, 2.45) is 0 Å². The van der Waals surface area contributed by atoms with Gasteiger partial charge in [-0.2, -0.15) is 0 Å². The number of carbonyl (C=O) groups is 1. The van der Waals surface area contributed by atoms with E-state index >= 15 is 0 Å². The molecule has 2 rings (SSSR count). The number of nitrogens with zero attached hydrogens (tertiary/aromatic N) is 2. The molecule has 0 aliphatic heterocycles. The minimum atomic E-state index is -3.76. The molecule has 0 spiro atoms. The summed E-state index contributed by atoms with van der Waals surface area (Å²) in [5.74, 6) is 0.0314. The Morgan fingerprint density at radius 2 is 2.00 bits per heavy atom. The van der Waals surface area contributed by atoms with Crippen molar-refractivity contribution in [1.82, 2.24) is 9.88 Å². The zero-order valence-corrected chi connectivity index (χ0v) is 16.0. The molecule has 0 unspecified atom stereocenters. The lowest BCUT2D eigenvalue weighted by atomic mass is 10.2. The van der Waals surface area contributed by atoms with Crippen LogP contribution in [0.25, 0.3) is 0 Å². The Morgan fingerprint density at radius 1 is 1.32 bits per heavy atom. The Kier molecular flexibility index (Phi) is 5.87. The van der Waals surface area contributed by atoms with Gasteiger partial charge in [0, 0.05) is 30.7 Å². The minimum Gasteiger partial charge on any atom is -0.360 e. The zero-order chi connectivity index (χ0) is 18.8. The predicted molar refractivity (Wildman–Crippen MR) is 95.4 cm³/mol. The number of aromatic nitrogens is 1. The number of aryl methyl sites for hydroxylation is 3. The number of halogens is 1. The lowest BCUT2D eigenvalue weighted by Gasteiger charge is -2.23. The first-order valence-corrected chi connectivity index (χ1v) is 9.46. The Morgan fingerprint density at radius 3 is 2.52 bits per heavy atom. The van der Waals surface area contributed by atoms with Gasteiger partial charge in [0.1, 0.15) is 10.6 Å². The predicted octanol–water partition coefficient (Wildman–Crippen LogP) is 2.58. The molecular weight excluding hydrogens is 366 g/mol. The smallest absolute Gasteiger partial charge is 0.246 e. The maximum Gasteiger partial charge on any atom is 0.246 e. The summed E-state index contributed by atoms with van der Waals surface area (Å²) < 4.78 is 32.2. The molecule has 1 aromatic heterocycles. The van der Waals surface area contributed by atoms with Crippen molar-refractivity contribution >= 4 is 33.2 Å². The average molecular weight is 386 g/mol. The van der Waals surface area contributed by atoms with Crippen LogP contribution in [0.2, 0.25) is 5.02 Å². The topological polar surface area (TPSA) is 92.5 Å². The third-order valence-electron chi connectivity index (χ3n) is 3.69. The number of carbonyl (C=O) groups excluding carboxylic acids is 1. The molecule has 0 aliphatic rings. The van der Waals surface area contributed by atoms with E-state index in [9.17, 15) is 13.2 Å². The van der Waals surface area contributed by atoms with Crippen LogP contribution in [-0.2, 0) is 14.8 Å². The molecule has 1 N–H and O–H groups in total. The summed E-state index contributed by atoms with van der Waals surface area (Å²) in [6.45, 7) is 6.59. The number of nitrogens with one attached hydrogen (secondary N) is 1. The number of rotatable bonds is 6. The first kappa shape index (κ1) is 19.4. The quantitative estimate of drug-likeness (QED) is 0.824. The van der Waals surface area contributed by atoms with Gasteiger partial charge in [0.25, 0.3) is 0 Å². The summed E-state index contributed by atoms with van der Waals surface area (Å²) in [5, 5.41) is 4.22. The van der Waals surface area contributed by atoms with Crippen molar-refractivity contribution in [1.29, 1.82) is 0 Å². The van der Waals surface area contributed by atoms with Gasteiger partial charge in [-0.1, -0.05) is 16.8 Å². The standard InChI is InChI=1S/C16H20ClN3O4S/c1-10-9-14(17)5-6-15(10)20(13(4)21)8-7-18-25(22,23)16-11(2)19-24-12(16)3/h5-6,9,18H,7-8H2,1-4H3. The van der Waals surface area contributed by atoms with Gasteiger partial charge in [0.15, 0.2) is 5.76 Å². The fraction of sp³-hybridized carbons (Fsp3) is 0.375. The third-order valence-corrected chi connectivity index (χ3v) is 5.63. The van der Waals surface area contributed by atoms with Crippen LogP contribution in [0.4, 0.5) is 5.69 Å². The first-order valence-electron chi connectivity index (χ1n) is 7.60. The van der Waals surface area contributed by atoms with Gasteiger partial charge >= 0.3 is 0 Å². The van der Waals surface area contributed by atoms with Crippen molar-refractivity contribution in [3.63, 3.8) is 0 Å². The third kappa shape index (κ3) is 4.39. The number of sulfonamides is 1. The average Bonchev–Trinajstić information content (AvgIpc) is 2.84. The molecule has 1 amide bonds. The van der Waals surface area contributed by atoms with E-state index in [2.05, 4.69) is 9.88 Å². The molecule has 0 atom stereocenters. The van der Waals surface area contributed by atoms with Crippen LogP contribution in [0.3, 0.4) is 0 Å². The molecule has 136 valence electrons. The van der Waals surface area contributed by atoms with Crippen molar-refractivity contribution in [2.45, 2.75) is 32.6 Å². The number of amides is 1. The molecule has 2 aromatic rings. The molecule has 9 heteroatoms. The van der Waals surface area contributed by atoms with Gasteiger partial charge in [-0.3, -0.25) is 4.79 Å². The van der Waals surface area contributed by atoms with Gasteiger partial charge in [-0.15, -0.1) is 0 Å². The van der Waals surface area contributed by atoms with Gasteiger partial charge in [0.2, 0.25) is 15.9 Å². The van der Waals surface area contributed by atoms with E-state index in [-0.39, 0.29) is 29.7 Å². The number of hydrogen-bond acceptors (Lipinski definition) is 5. The maximum absolute atomic E-state index is 12.4. The van der Waals surface area contributed by atoms with Crippen LogP contribution < -0.4 is 9.62 Å². The van der Waals surface area contributed by atoms with Crippen LogP contribution in [0.5, 0.6) is 0 Å². The summed E-state index contributed by atoms with van der Waals surface area (Å²) in [7, 11) is -3.76. The fourth-order valence-corrected chi connectivity index (χ4v) is 4.16. The molecule has 25 heavy (non-hydrogen) atoms. The van der Waals surface area contributed by atoms with E-state index in [1.165, 1.54) is 18.7 Å². The Balaban J connectivity index is 2.14. The Bertz CT molecular complexity index is 873. The normalized spacial score (nSPS) is 11.6.